The summed E-state index contributed by atoms with van der Waals surface area (Å²) in [5.74, 6) is 0.502. The number of allylic oxidation sites excluding steroid dienone is 3. The molecule has 12 heavy (non-hydrogen) atoms. The fraction of sp³-hybridized carbons (Fsp3) is 0.545. The van der Waals surface area contributed by atoms with Crippen LogP contribution in [0.3, 0.4) is 0 Å². The zero-order chi connectivity index (χ0) is 9.19. The molecule has 0 aromatic rings. The van der Waals surface area contributed by atoms with Crippen LogP contribution in [0.1, 0.15) is 27.7 Å². The first-order valence-corrected chi connectivity index (χ1v) is 4.42. The molecular formula is C11H17N. The van der Waals surface area contributed by atoms with E-state index in [4.69, 9.17) is 0 Å². The SMILES string of the molecule is CC1C=CN=CC(C(C)(C)C)=C1. The van der Waals surface area contributed by atoms with Gasteiger partial charge in [0.1, 0.15) is 0 Å². The quantitative estimate of drug-likeness (QED) is 0.520. The van der Waals surface area contributed by atoms with E-state index in [0.717, 1.165) is 0 Å². The monoisotopic (exact) mass is 163 g/mol. The fourth-order valence-corrected chi connectivity index (χ4v) is 1.13. The molecule has 0 saturated heterocycles. The zero-order valence-electron chi connectivity index (χ0n) is 8.33. The Kier molecular flexibility index (Phi) is 2.51. The van der Waals surface area contributed by atoms with Crippen LogP contribution in [0.2, 0.25) is 0 Å². The highest BCUT2D eigenvalue weighted by Gasteiger charge is 2.16. The van der Waals surface area contributed by atoms with Gasteiger partial charge in [0.2, 0.25) is 0 Å². The van der Waals surface area contributed by atoms with Gasteiger partial charge in [-0.2, -0.15) is 0 Å². The van der Waals surface area contributed by atoms with Crippen molar-refractivity contribution in [2.45, 2.75) is 27.7 Å². The van der Waals surface area contributed by atoms with Crippen LogP contribution in [-0.2, 0) is 0 Å². The third-order valence-electron chi connectivity index (χ3n) is 2.00. The van der Waals surface area contributed by atoms with Crippen LogP contribution in [-0.4, -0.2) is 6.21 Å². The lowest BCUT2D eigenvalue weighted by Gasteiger charge is -2.19. The lowest BCUT2D eigenvalue weighted by molar-refractivity contribution is 0.523. The average Bonchev–Trinajstić information content (AvgIpc) is 2.11. The van der Waals surface area contributed by atoms with Crippen LogP contribution < -0.4 is 0 Å². The summed E-state index contributed by atoms with van der Waals surface area (Å²) in [7, 11) is 0. The Morgan fingerprint density at radius 3 is 2.58 bits per heavy atom. The Hall–Kier alpha value is -0.850. The summed E-state index contributed by atoms with van der Waals surface area (Å²) in [6.07, 6.45) is 8.21. The van der Waals surface area contributed by atoms with E-state index in [2.05, 4.69) is 44.8 Å². The van der Waals surface area contributed by atoms with Crippen molar-refractivity contribution in [3.05, 3.63) is 23.9 Å². The normalized spacial score (nSPS) is 23.7. The third-order valence-corrected chi connectivity index (χ3v) is 2.00. The van der Waals surface area contributed by atoms with Gasteiger partial charge in [-0.15, -0.1) is 0 Å². The van der Waals surface area contributed by atoms with Crippen LogP contribution in [0, 0.1) is 11.3 Å². The number of nitrogens with zero attached hydrogens (tertiary/aromatic N) is 1. The van der Waals surface area contributed by atoms with Crippen molar-refractivity contribution in [1.29, 1.82) is 0 Å². The number of hydrogen-bond donors (Lipinski definition) is 0. The summed E-state index contributed by atoms with van der Waals surface area (Å²) in [5.41, 5.74) is 1.53. The highest BCUT2D eigenvalue weighted by atomic mass is 14.7. The second kappa shape index (κ2) is 3.26. The molecule has 1 rings (SSSR count). The van der Waals surface area contributed by atoms with Gasteiger partial charge < -0.3 is 0 Å². The first-order chi connectivity index (χ1) is 5.50. The smallest absolute Gasteiger partial charge is 0.0302 e. The number of aliphatic imine (C=N–C) groups is 1. The van der Waals surface area contributed by atoms with Gasteiger partial charge in [0.25, 0.3) is 0 Å². The molecule has 0 aromatic heterocycles. The first-order valence-electron chi connectivity index (χ1n) is 4.42. The maximum absolute atomic E-state index is 4.20. The Morgan fingerprint density at radius 2 is 2.00 bits per heavy atom. The van der Waals surface area contributed by atoms with Gasteiger partial charge in [0.05, 0.1) is 0 Å². The molecule has 1 nitrogen and oxygen atoms in total. The number of rotatable bonds is 0. The van der Waals surface area contributed by atoms with E-state index in [9.17, 15) is 0 Å². The molecule has 0 aliphatic carbocycles. The minimum absolute atomic E-state index is 0.212. The molecule has 66 valence electrons. The second-order valence-corrected chi connectivity index (χ2v) is 4.35. The largest absolute Gasteiger partial charge is 0.265 e. The molecule has 1 unspecified atom stereocenters. The van der Waals surface area contributed by atoms with E-state index in [-0.39, 0.29) is 5.41 Å². The van der Waals surface area contributed by atoms with Gasteiger partial charge in [0, 0.05) is 12.4 Å². The van der Waals surface area contributed by atoms with Crippen molar-refractivity contribution in [2.24, 2.45) is 16.3 Å². The van der Waals surface area contributed by atoms with E-state index in [0.29, 0.717) is 5.92 Å². The van der Waals surface area contributed by atoms with Crippen molar-refractivity contribution < 1.29 is 0 Å². The van der Waals surface area contributed by atoms with Crippen LogP contribution >= 0.6 is 0 Å². The summed E-state index contributed by atoms with van der Waals surface area (Å²) in [6.45, 7) is 8.81. The molecule has 0 amide bonds. The van der Waals surface area contributed by atoms with Crippen LogP contribution in [0.4, 0.5) is 0 Å². The maximum atomic E-state index is 4.20. The topological polar surface area (TPSA) is 12.4 Å². The molecule has 0 fully saturated rings. The molecule has 1 aliphatic heterocycles. The minimum atomic E-state index is 0.212. The Bertz CT molecular complexity index is 238. The fourth-order valence-electron chi connectivity index (χ4n) is 1.13. The van der Waals surface area contributed by atoms with Gasteiger partial charge in [-0.1, -0.05) is 39.8 Å². The standard InChI is InChI=1S/C11H17N/c1-9-5-6-12-8-10(7-9)11(2,3)4/h5-9H,1-4H3. The van der Waals surface area contributed by atoms with E-state index in [1.165, 1.54) is 5.57 Å². The lowest BCUT2D eigenvalue weighted by Crippen LogP contribution is -2.11. The molecule has 0 N–H and O–H groups in total. The van der Waals surface area contributed by atoms with Gasteiger partial charge in [-0.25, -0.2) is 0 Å². The van der Waals surface area contributed by atoms with Gasteiger partial charge >= 0.3 is 0 Å². The van der Waals surface area contributed by atoms with Gasteiger partial charge in [-0.3, -0.25) is 4.99 Å². The third kappa shape index (κ3) is 2.33. The van der Waals surface area contributed by atoms with Crippen molar-refractivity contribution >= 4 is 6.21 Å². The lowest BCUT2D eigenvalue weighted by atomic mass is 9.85. The summed E-state index contributed by atoms with van der Waals surface area (Å²) in [6, 6.07) is 0. The highest BCUT2D eigenvalue weighted by Crippen LogP contribution is 2.26. The molecule has 0 saturated carbocycles. The van der Waals surface area contributed by atoms with Crippen molar-refractivity contribution in [3.8, 4) is 0 Å². The van der Waals surface area contributed by atoms with E-state index in [1.807, 2.05) is 12.4 Å². The van der Waals surface area contributed by atoms with Crippen molar-refractivity contribution in [3.63, 3.8) is 0 Å². The number of hydrogen-bond acceptors (Lipinski definition) is 1. The Labute approximate surface area is 74.9 Å². The summed E-state index contributed by atoms with van der Waals surface area (Å²) in [4.78, 5) is 4.20. The minimum Gasteiger partial charge on any atom is -0.265 e. The molecular weight excluding hydrogens is 146 g/mol. The van der Waals surface area contributed by atoms with Gasteiger partial charge in [-0.05, 0) is 16.9 Å². The Morgan fingerprint density at radius 1 is 1.33 bits per heavy atom. The van der Waals surface area contributed by atoms with Gasteiger partial charge in [0.15, 0.2) is 0 Å². The van der Waals surface area contributed by atoms with E-state index in [1.54, 1.807) is 0 Å². The van der Waals surface area contributed by atoms with E-state index < -0.39 is 0 Å². The molecule has 1 aliphatic rings. The zero-order valence-corrected chi connectivity index (χ0v) is 8.33. The van der Waals surface area contributed by atoms with Crippen LogP contribution in [0.25, 0.3) is 0 Å². The first kappa shape index (κ1) is 9.24. The van der Waals surface area contributed by atoms with E-state index >= 15 is 0 Å². The maximum Gasteiger partial charge on any atom is 0.0302 e. The molecule has 0 spiro atoms. The Balaban J connectivity index is 2.91. The second-order valence-electron chi connectivity index (χ2n) is 4.35. The predicted octanol–water partition coefficient (Wildman–Crippen LogP) is 3.19. The molecule has 1 heteroatoms. The predicted molar refractivity (Wildman–Crippen MR) is 54.3 cm³/mol. The van der Waals surface area contributed by atoms with Crippen LogP contribution in [0.5, 0.6) is 0 Å². The molecule has 1 atom stereocenters. The highest BCUT2D eigenvalue weighted by molar-refractivity contribution is 5.81. The summed E-state index contributed by atoms with van der Waals surface area (Å²) in [5, 5.41) is 0. The molecule has 0 bridgehead atoms. The summed E-state index contributed by atoms with van der Waals surface area (Å²) < 4.78 is 0. The average molecular weight is 163 g/mol. The van der Waals surface area contributed by atoms with Crippen LogP contribution in [0.15, 0.2) is 28.9 Å². The molecule has 0 aromatic carbocycles. The van der Waals surface area contributed by atoms with Crippen molar-refractivity contribution in [1.82, 2.24) is 0 Å². The summed E-state index contributed by atoms with van der Waals surface area (Å²) >= 11 is 0. The van der Waals surface area contributed by atoms with Crippen molar-refractivity contribution in [2.75, 3.05) is 0 Å². The molecule has 0 radical (unpaired) electrons. The molecule has 1 heterocycles.